The molecule has 2 heterocycles. The normalized spacial score (nSPS) is 15.8. The summed E-state index contributed by atoms with van der Waals surface area (Å²) >= 11 is 0. The number of nitrogens with zero attached hydrogens (tertiary/aromatic N) is 3. The van der Waals surface area contributed by atoms with Gasteiger partial charge in [-0.15, -0.1) is 0 Å². The lowest BCUT2D eigenvalue weighted by Crippen LogP contribution is -2.37. The quantitative estimate of drug-likeness (QED) is 0.658. The Bertz CT molecular complexity index is 1120. The van der Waals surface area contributed by atoms with Crippen LogP contribution in [0.4, 0.5) is 4.39 Å². The summed E-state index contributed by atoms with van der Waals surface area (Å²) < 4.78 is 27.2. The van der Waals surface area contributed by atoms with Crippen molar-refractivity contribution in [3.05, 3.63) is 77.2 Å². The standard InChI is InChI=1S/C23H21FN4O3/c1-15(14-30-17-8-6-16(13-25)7-9-17)26-23(29)20-12-22-28(27-20)11-10-21(31-22)18-4-2-3-5-19(18)24/h2-9,12,15,21H,10-11,14H2,1H3,(H,26,29). The fourth-order valence-electron chi connectivity index (χ4n) is 3.35. The van der Waals surface area contributed by atoms with Gasteiger partial charge in [-0.25, -0.2) is 9.07 Å². The molecule has 158 valence electrons. The summed E-state index contributed by atoms with van der Waals surface area (Å²) in [6.45, 7) is 2.61. The van der Waals surface area contributed by atoms with Gasteiger partial charge < -0.3 is 14.8 Å². The van der Waals surface area contributed by atoms with Gasteiger partial charge in [0.05, 0.1) is 17.7 Å². The predicted molar refractivity (Wildman–Crippen MR) is 110 cm³/mol. The molecule has 2 unspecified atom stereocenters. The Morgan fingerprint density at radius 2 is 2.13 bits per heavy atom. The number of nitriles is 1. The zero-order chi connectivity index (χ0) is 21.8. The lowest BCUT2D eigenvalue weighted by atomic mass is 10.1. The third-order valence-electron chi connectivity index (χ3n) is 4.95. The number of nitrogens with one attached hydrogen (secondary N) is 1. The summed E-state index contributed by atoms with van der Waals surface area (Å²) in [5.74, 6) is 0.398. The van der Waals surface area contributed by atoms with Crippen molar-refractivity contribution in [1.82, 2.24) is 15.1 Å². The maximum atomic E-state index is 14.1. The Morgan fingerprint density at radius 1 is 1.35 bits per heavy atom. The highest BCUT2D eigenvalue weighted by atomic mass is 19.1. The molecule has 0 radical (unpaired) electrons. The van der Waals surface area contributed by atoms with E-state index in [1.54, 1.807) is 53.2 Å². The average molecular weight is 420 g/mol. The van der Waals surface area contributed by atoms with E-state index in [0.29, 0.717) is 35.7 Å². The number of carbonyl (C=O) groups excluding carboxylic acids is 1. The first kappa shape index (κ1) is 20.4. The number of benzene rings is 2. The van der Waals surface area contributed by atoms with Crippen molar-refractivity contribution in [2.24, 2.45) is 0 Å². The van der Waals surface area contributed by atoms with E-state index in [9.17, 15) is 9.18 Å². The topological polar surface area (TPSA) is 89.2 Å². The number of hydrogen-bond donors (Lipinski definition) is 1. The number of aryl methyl sites for hydroxylation is 1. The van der Waals surface area contributed by atoms with Crippen molar-refractivity contribution in [3.63, 3.8) is 0 Å². The van der Waals surface area contributed by atoms with Gasteiger partial charge in [-0.3, -0.25) is 4.79 Å². The highest BCUT2D eigenvalue weighted by Gasteiger charge is 2.26. The number of ether oxygens (including phenoxy) is 2. The Kier molecular flexibility index (Phi) is 5.85. The summed E-state index contributed by atoms with van der Waals surface area (Å²) in [6.07, 6.45) is 0.145. The SMILES string of the molecule is CC(COc1ccc(C#N)cc1)NC(=O)c1cc2n(n1)CCC(c1ccccc1F)O2. The van der Waals surface area contributed by atoms with E-state index in [0.717, 1.165) is 0 Å². The number of fused-ring (bicyclic) bond motifs is 1. The van der Waals surface area contributed by atoms with Crippen molar-refractivity contribution < 1.29 is 18.7 Å². The number of halogens is 1. The van der Waals surface area contributed by atoms with Gasteiger partial charge in [-0.05, 0) is 37.3 Å². The van der Waals surface area contributed by atoms with Crippen LogP contribution >= 0.6 is 0 Å². The van der Waals surface area contributed by atoms with Gasteiger partial charge >= 0.3 is 0 Å². The minimum absolute atomic E-state index is 0.231. The van der Waals surface area contributed by atoms with Crippen LogP contribution in [0, 0.1) is 17.1 Å². The van der Waals surface area contributed by atoms with E-state index in [-0.39, 0.29) is 30.1 Å². The molecule has 8 heteroatoms. The highest BCUT2D eigenvalue weighted by Crippen LogP contribution is 2.32. The second-order valence-corrected chi connectivity index (χ2v) is 7.33. The zero-order valence-electron chi connectivity index (χ0n) is 16.9. The average Bonchev–Trinajstić information content (AvgIpc) is 3.22. The van der Waals surface area contributed by atoms with Crippen molar-refractivity contribution in [3.8, 4) is 17.7 Å². The minimum atomic E-state index is -0.416. The van der Waals surface area contributed by atoms with Gasteiger partial charge in [0, 0.05) is 24.6 Å². The number of carbonyl (C=O) groups is 1. The maximum Gasteiger partial charge on any atom is 0.272 e. The zero-order valence-corrected chi connectivity index (χ0v) is 16.9. The molecule has 1 N–H and O–H groups in total. The molecule has 0 saturated heterocycles. The van der Waals surface area contributed by atoms with Crippen LogP contribution in [0.25, 0.3) is 0 Å². The molecular weight excluding hydrogens is 399 g/mol. The number of aromatic nitrogens is 2. The Hall–Kier alpha value is -3.86. The van der Waals surface area contributed by atoms with Gasteiger partial charge in [0.1, 0.15) is 24.3 Å². The van der Waals surface area contributed by atoms with Crippen LogP contribution in [0.5, 0.6) is 11.6 Å². The Labute approximate surface area is 179 Å². The molecule has 31 heavy (non-hydrogen) atoms. The predicted octanol–water partition coefficient (Wildman–Crippen LogP) is 3.61. The first-order valence-corrected chi connectivity index (χ1v) is 9.96. The van der Waals surface area contributed by atoms with E-state index in [4.69, 9.17) is 14.7 Å². The van der Waals surface area contributed by atoms with Gasteiger partial charge in [-0.1, -0.05) is 18.2 Å². The van der Waals surface area contributed by atoms with E-state index >= 15 is 0 Å². The fourth-order valence-corrected chi connectivity index (χ4v) is 3.35. The second kappa shape index (κ2) is 8.88. The molecule has 1 aliphatic rings. The van der Waals surface area contributed by atoms with Gasteiger partial charge in [-0.2, -0.15) is 10.4 Å². The fraction of sp³-hybridized carbons (Fsp3) is 0.261. The van der Waals surface area contributed by atoms with Crippen LogP contribution in [0.2, 0.25) is 0 Å². The van der Waals surface area contributed by atoms with Crippen LogP contribution in [0.15, 0.2) is 54.6 Å². The van der Waals surface area contributed by atoms with Crippen LogP contribution in [0.1, 0.15) is 41.1 Å². The van der Waals surface area contributed by atoms with E-state index in [1.165, 1.54) is 6.07 Å². The third kappa shape index (κ3) is 4.67. The lowest BCUT2D eigenvalue weighted by molar-refractivity contribution is 0.0920. The van der Waals surface area contributed by atoms with Crippen LogP contribution in [-0.4, -0.2) is 28.3 Å². The monoisotopic (exact) mass is 420 g/mol. The molecule has 0 aliphatic carbocycles. The molecular formula is C23H21FN4O3. The van der Waals surface area contributed by atoms with Gasteiger partial charge in [0.2, 0.25) is 5.88 Å². The summed E-state index contributed by atoms with van der Waals surface area (Å²) in [7, 11) is 0. The van der Waals surface area contributed by atoms with Crippen LogP contribution in [0.3, 0.4) is 0 Å². The number of amides is 1. The highest BCUT2D eigenvalue weighted by molar-refractivity contribution is 5.92. The second-order valence-electron chi connectivity index (χ2n) is 7.33. The molecule has 0 bridgehead atoms. The molecule has 2 atom stereocenters. The summed E-state index contributed by atoms with van der Waals surface area (Å²) in [5, 5.41) is 16.0. The molecule has 2 aromatic carbocycles. The largest absolute Gasteiger partial charge is 0.491 e. The summed E-state index contributed by atoms with van der Waals surface area (Å²) in [6, 6.07) is 16.6. The molecule has 1 amide bonds. The molecule has 0 fully saturated rings. The van der Waals surface area contributed by atoms with E-state index in [1.807, 2.05) is 13.0 Å². The molecule has 7 nitrogen and oxygen atoms in total. The minimum Gasteiger partial charge on any atom is -0.491 e. The first-order valence-electron chi connectivity index (χ1n) is 9.96. The molecule has 1 aliphatic heterocycles. The van der Waals surface area contributed by atoms with Crippen molar-refractivity contribution in [1.29, 1.82) is 5.26 Å². The van der Waals surface area contributed by atoms with Gasteiger partial charge in [0.15, 0.2) is 5.69 Å². The summed E-state index contributed by atoms with van der Waals surface area (Å²) in [4.78, 5) is 12.6. The number of rotatable bonds is 6. The molecule has 1 aromatic heterocycles. The summed E-state index contributed by atoms with van der Waals surface area (Å²) in [5.41, 5.74) is 1.28. The van der Waals surface area contributed by atoms with E-state index in [2.05, 4.69) is 10.4 Å². The smallest absolute Gasteiger partial charge is 0.272 e. The van der Waals surface area contributed by atoms with E-state index < -0.39 is 6.10 Å². The van der Waals surface area contributed by atoms with Crippen LogP contribution in [-0.2, 0) is 6.54 Å². The van der Waals surface area contributed by atoms with Gasteiger partial charge in [0.25, 0.3) is 5.91 Å². The molecule has 0 spiro atoms. The van der Waals surface area contributed by atoms with Crippen LogP contribution < -0.4 is 14.8 Å². The van der Waals surface area contributed by atoms with Crippen molar-refractivity contribution in [2.45, 2.75) is 32.0 Å². The number of hydrogen-bond acceptors (Lipinski definition) is 5. The molecule has 4 rings (SSSR count). The Morgan fingerprint density at radius 3 is 2.87 bits per heavy atom. The van der Waals surface area contributed by atoms with Crippen molar-refractivity contribution >= 4 is 5.91 Å². The molecule has 0 saturated carbocycles. The maximum absolute atomic E-state index is 14.1. The third-order valence-corrected chi connectivity index (χ3v) is 4.95. The van der Waals surface area contributed by atoms with Crippen molar-refractivity contribution in [2.75, 3.05) is 6.61 Å². The molecule has 3 aromatic rings. The lowest BCUT2D eigenvalue weighted by Gasteiger charge is -2.25. The first-order chi connectivity index (χ1) is 15.0. The Balaban J connectivity index is 1.34.